The number of aromatic hydroxyl groups is 2. The zero-order valence-corrected chi connectivity index (χ0v) is 11.4. The zero-order chi connectivity index (χ0) is 12.0. The Morgan fingerprint density at radius 2 is 1.76 bits per heavy atom. The summed E-state index contributed by atoms with van der Waals surface area (Å²) in [6.45, 7) is 0. The number of rotatable bonds is 1. The molecule has 3 rings (SSSR count). The normalized spacial score (nSPS) is 11.1. The third-order valence-electron chi connectivity index (χ3n) is 2.65. The smallest absolute Gasteiger partial charge is 0.192 e. The van der Waals surface area contributed by atoms with Crippen LogP contribution < -0.4 is 3.07 Å². The van der Waals surface area contributed by atoms with Crippen molar-refractivity contribution in [2.75, 3.05) is 0 Å². The fourth-order valence-corrected chi connectivity index (χ4v) is 3.63. The number of hydrogen-bond acceptors (Lipinski definition) is 4. The van der Waals surface area contributed by atoms with Gasteiger partial charge in [0.25, 0.3) is 0 Å². The summed E-state index contributed by atoms with van der Waals surface area (Å²) in [5.74, 6) is 1.03. The Bertz CT molecular complexity index is 720. The average molecular weight is 358 g/mol. The van der Waals surface area contributed by atoms with Crippen LogP contribution in [-0.2, 0) is 0 Å². The second kappa shape index (κ2) is 3.92. The number of phenolic OH excluding ortho intramolecular Hbond substituents is 2. The summed E-state index contributed by atoms with van der Waals surface area (Å²) in [6.07, 6.45) is 0. The molecule has 0 saturated carbocycles. The fraction of sp³-hybridized carbons (Fsp3) is 0. The molecule has 0 aliphatic rings. The first kappa shape index (κ1) is 10.9. The maximum Gasteiger partial charge on any atom is 0.192 e. The van der Waals surface area contributed by atoms with Gasteiger partial charge in [0.05, 0.1) is 4.70 Å². The van der Waals surface area contributed by atoms with Crippen LogP contribution in [0.5, 0.6) is 17.2 Å². The van der Waals surface area contributed by atoms with Crippen molar-refractivity contribution < 1.29 is 13.3 Å². The highest BCUT2D eigenvalue weighted by Crippen LogP contribution is 2.46. The van der Waals surface area contributed by atoms with Crippen LogP contribution >= 0.6 is 34.3 Å². The van der Waals surface area contributed by atoms with E-state index in [4.69, 9.17) is 3.07 Å². The highest BCUT2D eigenvalue weighted by atomic mass is 127. The topological polar surface area (TPSA) is 49.7 Å². The first-order chi connectivity index (χ1) is 8.22. The van der Waals surface area contributed by atoms with Crippen LogP contribution in [0.4, 0.5) is 0 Å². The van der Waals surface area contributed by atoms with Crippen molar-refractivity contribution in [3.63, 3.8) is 0 Å². The molecule has 3 nitrogen and oxygen atoms in total. The molecule has 2 N–H and O–H groups in total. The standard InChI is InChI=1S/C12H7IO3S/c13-16-8-5-4-7(15)11-10-6(14)2-1-3-9(10)17-12(8)11/h1-5,14-15H. The van der Waals surface area contributed by atoms with E-state index in [0.29, 0.717) is 16.5 Å². The van der Waals surface area contributed by atoms with Crippen molar-refractivity contribution in [3.8, 4) is 17.2 Å². The summed E-state index contributed by atoms with van der Waals surface area (Å²) >= 11 is 3.30. The first-order valence-electron chi connectivity index (χ1n) is 4.87. The number of fused-ring (bicyclic) bond motifs is 3. The van der Waals surface area contributed by atoms with Crippen LogP contribution in [0, 0.1) is 0 Å². The Kier molecular flexibility index (Phi) is 2.52. The van der Waals surface area contributed by atoms with Crippen LogP contribution in [0.15, 0.2) is 30.3 Å². The third-order valence-corrected chi connectivity index (χ3v) is 4.29. The lowest BCUT2D eigenvalue weighted by atomic mass is 10.1. The van der Waals surface area contributed by atoms with E-state index in [1.807, 2.05) is 29.1 Å². The van der Waals surface area contributed by atoms with E-state index < -0.39 is 0 Å². The van der Waals surface area contributed by atoms with E-state index in [-0.39, 0.29) is 11.5 Å². The molecule has 0 aliphatic heterocycles. The van der Waals surface area contributed by atoms with Crippen molar-refractivity contribution in [1.29, 1.82) is 0 Å². The Balaban J connectivity index is 2.61. The molecule has 0 radical (unpaired) electrons. The van der Waals surface area contributed by atoms with Crippen LogP contribution in [-0.4, -0.2) is 10.2 Å². The van der Waals surface area contributed by atoms with Gasteiger partial charge in [-0.3, -0.25) is 0 Å². The van der Waals surface area contributed by atoms with Gasteiger partial charge in [0.2, 0.25) is 0 Å². The molecular weight excluding hydrogens is 351 g/mol. The van der Waals surface area contributed by atoms with Crippen LogP contribution in [0.3, 0.4) is 0 Å². The molecule has 0 bridgehead atoms. The van der Waals surface area contributed by atoms with E-state index in [9.17, 15) is 10.2 Å². The molecule has 86 valence electrons. The molecule has 0 unspecified atom stereocenters. The maximum atomic E-state index is 9.94. The number of thiophene rings is 1. The lowest BCUT2D eigenvalue weighted by Gasteiger charge is -2.01. The highest BCUT2D eigenvalue weighted by Gasteiger charge is 2.15. The number of benzene rings is 2. The second-order valence-electron chi connectivity index (χ2n) is 3.62. The molecule has 0 fully saturated rings. The molecule has 1 aromatic heterocycles. The molecule has 0 aliphatic carbocycles. The molecule has 0 amide bonds. The van der Waals surface area contributed by atoms with E-state index in [1.165, 1.54) is 11.3 Å². The summed E-state index contributed by atoms with van der Waals surface area (Å²) in [4.78, 5) is 0. The second-order valence-corrected chi connectivity index (χ2v) is 5.11. The summed E-state index contributed by atoms with van der Waals surface area (Å²) in [5, 5.41) is 21.2. The molecular formula is C12H7IO3S. The van der Waals surface area contributed by atoms with Gasteiger partial charge >= 0.3 is 0 Å². The minimum Gasteiger partial charge on any atom is -0.507 e. The molecule has 0 saturated heterocycles. The van der Waals surface area contributed by atoms with Gasteiger partial charge in [-0.2, -0.15) is 0 Å². The minimum atomic E-state index is 0.157. The molecule has 0 spiro atoms. The predicted octanol–water partition coefficient (Wildman–Crippen LogP) is 4.19. The third kappa shape index (κ3) is 1.53. The van der Waals surface area contributed by atoms with Crippen LogP contribution in [0.1, 0.15) is 0 Å². The average Bonchev–Trinajstić information content (AvgIpc) is 2.71. The zero-order valence-electron chi connectivity index (χ0n) is 8.48. The Morgan fingerprint density at radius 1 is 1.00 bits per heavy atom. The Labute approximate surface area is 115 Å². The quantitative estimate of drug-likeness (QED) is 0.642. The number of phenols is 2. The number of halogens is 1. The molecule has 3 aromatic rings. The van der Waals surface area contributed by atoms with Crippen LogP contribution in [0.25, 0.3) is 20.2 Å². The highest BCUT2D eigenvalue weighted by molar-refractivity contribution is 14.1. The van der Waals surface area contributed by atoms with Crippen molar-refractivity contribution in [2.24, 2.45) is 0 Å². The summed E-state index contributed by atoms with van der Waals surface area (Å²) < 4.78 is 7.01. The first-order valence-corrected chi connectivity index (χ1v) is 6.57. The van der Waals surface area contributed by atoms with E-state index in [2.05, 4.69) is 0 Å². The monoisotopic (exact) mass is 358 g/mol. The largest absolute Gasteiger partial charge is 0.507 e. The fourth-order valence-electron chi connectivity index (χ4n) is 1.92. The van der Waals surface area contributed by atoms with Gasteiger partial charge in [0, 0.05) is 15.5 Å². The van der Waals surface area contributed by atoms with Gasteiger partial charge < -0.3 is 13.3 Å². The predicted molar refractivity (Wildman–Crippen MR) is 77.3 cm³/mol. The molecule has 5 heteroatoms. The lowest BCUT2D eigenvalue weighted by molar-refractivity contribution is 0.477. The van der Waals surface area contributed by atoms with Gasteiger partial charge in [-0.1, -0.05) is 6.07 Å². The van der Waals surface area contributed by atoms with Gasteiger partial charge in [0.15, 0.2) is 28.8 Å². The number of hydrogen-bond donors (Lipinski definition) is 2. The minimum absolute atomic E-state index is 0.157. The Hall–Kier alpha value is -1.21. The summed E-state index contributed by atoms with van der Waals surface area (Å²) in [5.41, 5.74) is 0. The van der Waals surface area contributed by atoms with Gasteiger partial charge in [-0.25, -0.2) is 0 Å². The molecule has 0 atom stereocenters. The maximum absolute atomic E-state index is 9.94. The lowest BCUT2D eigenvalue weighted by Crippen LogP contribution is -1.75. The molecule has 1 heterocycles. The van der Waals surface area contributed by atoms with Crippen molar-refractivity contribution in [2.45, 2.75) is 0 Å². The van der Waals surface area contributed by atoms with Gasteiger partial charge in [-0.15, -0.1) is 11.3 Å². The van der Waals surface area contributed by atoms with Crippen molar-refractivity contribution in [3.05, 3.63) is 30.3 Å². The van der Waals surface area contributed by atoms with Crippen molar-refractivity contribution in [1.82, 2.24) is 0 Å². The van der Waals surface area contributed by atoms with E-state index in [0.717, 1.165) is 9.40 Å². The SMILES string of the molecule is Oc1cccc2sc3c(OI)ccc(O)c3c12. The summed E-state index contributed by atoms with van der Waals surface area (Å²) in [7, 11) is 0. The Morgan fingerprint density at radius 3 is 2.53 bits per heavy atom. The van der Waals surface area contributed by atoms with Crippen LogP contribution in [0.2, 0.25) is 0 Å². The summed E-state index contributed by atoms with van der Waals surface area (Å²) in [6, 6.07) is 8.61. The molecule has 17 heavy (non-hydrogen) atoms. The van der Waals surface area contributed by atoms with Gasteiger partial charge in [-0.05, 0) is 24.3 Å². The van der Waals surface area contributed by atoms with E-state index in [1.54, 1.807) is 24.3 Å². The van der Waals surface area contributed by atoms with Gasteiger partial charge in [0.1, 0.15) is 11.5 Å². The molecule has 2 aromatic carbocycles. The van der Waals surface area contributed by atoms with Crippen molar-refractivity contribution >= 4 is 54.5 Å². The van der Waals surface area contributed by atoms with E-state index >= 15 is 0 Å².